The lowest BCUT2D eigenvalue weighted by atomic mass is 10.0. The maximum atomic E-state index is 12.3. The van der Waals surface area contributed by atoms with Crippen molar-refractivity contribution in [3.05, 3.63) is 22.4 Å². The predicted molar refractivity (Wildman–Crippen MR) is 87.1 cm³/mol. The molecular weight excluding hydrogens is 308 g/mol. The number of ether oxygens (including phenoxy) is 1. The maximum Gasteiger partial charge on any atom is 0.222 e. The molecule has 1 aromatic rings. The van der Waals surface area contributed by atoms with E-state index in [1.54, 1.807) is 11.3 Å². The van der Waals surface area contributed by atoms with Crippen molar-refractivity contribution in [1.82, 2.24) is 10.2 Å². The first kappa shape index (κ1) is 16.7. The van der Waals surface area contributed by atoms with E-state index in [2.05, 4.69) is 16.8 Å². The highest BCUT2D eigenvalue weighted by Crippen LogP contribution is 2.26. The Morgan fingerprint density at radius 2 is 2.43 bits per heavy atom. The molecule has 2 aliphatic rings. The Morgan fingerprint density at radius 3 is 3.14 bits per heavy atom. The summed E-state index contributed by atoms with van der Waals surface area (Å²) < 4.78 is 5.79. The van der Waals surface area contributed by atoms with Crippen molar-refractivity contribution < 1.29 is 9.53 Å². The third-order valence-corrected chi connectivity index (χ3v) is 5.17. The molecule has 4 nitrogen and oxygen atoms in total. The van der Waals surface area contributed by atoms with Gasteiger partial charge in [0.25, 0.3) is 0 Å². The Labute approximate surface area is 136 Å². The number of hydrogen-bond acceptors (Lipinski definition) is 4. The molecule has 0 aliphatic carbocycles. The van der Waals surface area contributed by atoms with Gasteiger partial charge in [-0.25, -0.2) is 0 Å². The van der Waals surface area contributed by atoms with Gasteiger partial charge in [0.15, 0.2) is 0 Å². The van der Waals surface area contributed by atoms with Gasteiger partial charge in [0.1, 0.15) is 6.10 Å². The normalized spacial score (nSPS) is 25.6. The van der Waals surface area contributed by atoms with E-state index in [-0.39, 0.29) is 18.5 Å². The number of carbonyl (C=O) groups is 1. The monoisotopic (exact) mass is 330 g/mol. The molecule has 21 heavy (non-hydrogen) atoms. The van der Waals surface area contributed by atoms with Crippen molar-refractivity contribution in [3.8, 4) is 0 Å². The van der Waals surface area contributed by atoms with Crippen molar-refractivity contribution in [2.75, 3.05) is 32.8 Å². The second-order valence-electron chi connectivity index (χ2n) is 5.61. The highest BCUT2D eigenvalue weighted by atomic mass is 35.5. The van der Waals surface area contributed by atoms with Crippen molar-refractivity contribution in [2.24, 2.45) is 5.92 Å². The summed E-state index contributed by atoms with van der Waals surface area (Å²) in [6.45, 7) is 4.29. The van der Waals surface area contributed by atoms with Gasteiger partial charge in [-0.2, -0.15) is 0 Å². The predicted octanol–water partition coefficient (Wildman–Crippen LogP) is 2.46. The summed E-state index contributed by atoms with van der Waals surface area (Å²) in [7, 11) is 0. The minimum Gasteiger partial charge on any atom is -0.369 e. The maximum absolute atomic E-state index is 12.3. The summed E-state index contributed by atoms with van der Waals surface area (Å²) in [5, 5.41) is 5.42. The van der Waals surface area contributed by atoms with Crippen LogP contribution in [0.25, 0.3) is 0 Å². The van der Waals surface area contributed by atoms with Gasteiger partial charge < -0.3 is 15.0 Å². The zero-order valence-electron chi connectivity index (χ0n) is 12.1. The number of nitrogens with one attached hydrogen (secondary N) is 1. The smallest absolute Gasteiger partial charge is 0.222 e. The fourth-order valence-electron chi connectivity index (χ4n) is 2.97. The van der Waals surface area contributed by atoms with Crippen LogP contribution in [-0.2, 0) is 9.53 Å². The second kappa shape index (κ2) is 8.13. The number of nitrogens with zero attached hydrogens (tertiary/aromatic N) is 1. The van der Waals surface area contributed by atoms with E-state index in [4.69, 9.17) is 4.74 Å². The molecule has 1 N–H and O–H groups in total. The molecule has 0 radical (unpaired) electrons. The minimum absolute atomic E-state index is 0. The van der Waals surface area contributed by atoms with Gasteiger partial charge in [0, 0.05) is 17.8 Å². The van der Waals surface area contributed by atoms with Crippen LogP contribution >= 0.6 is 23.7 Å². The molecule has 1 aromatic heterocycles. The first-order chi connectivity index (χ1) is 9.83. The fraction of sp³-hybridized carbons (Fsp3) is 0.667. The number of carbonyl (C=O) groups excluding carboxylic acids is 1. The molecule has 0 spiro atoms. The molecule has 3 rings (SSSR count). The largest absolute Gasteiger partial charge is 0.369 e. The Bertz CT molecular complexity index is 435. The number of morpholine rings is 1. The van der Waals surface area contributed by atoms with Crippen LogP contribution in [0.15, 0.2) is 17.5 Å². The molecule has 6 heteroatoms. The highest BCUT2D eigenvalue weighted by molar-refractivity contribution is 7.10. The zero-order valence-corrected chi connectivity index (χ0v) is 13.8. The van der Waals surface area contributed by atoms with E-state index in [0.29, 0.717) is 31.4 Å². The Hall–Kier alpha value is -0.620. The lowest BCUT2D eigenvalue weighted by molar-refractivity contribution is -0.139. The summed E-state index contributed by atoms with van der Waals surface area (Å²) in [5.74, 6) is 0.981. The van der Waals surface area contributed by atoms with E-state index in [1.165, 1.54) is 11.3 Å². The second-order valence-corrected chi connectivity index (χ2v) is 6.59. The minimum atomic E-state index is 0. The molecule has 2 aliphatic heterocycles. The number of rotatable bonds is 4. The van der Waals surface area contributed by atoms with E-state index in [1.807, 2.05) is 11.0 Å². The first-order valence-electron chi connectivity index (χ1n) is 7.46. The van der Waals surface area contributed by atoms with E-state index >= 15 is 0 Å². The van der Waals surface area contributed by atoms with Gasteiger partial charge in [0.05, 0.1) is 13.2 Å². The molecule has 2 atom stereocenters. The molecule has 0 aromatic carbocycles. The van der Waals surface area contributed by atoms with Crippen LogP contribution in [0, 0.1) is 5.92 Å². The van der Waals surface area contributed by atoms with Gasteiger partial charge in [-0.15, -0.1) is 23.7 Å². The number of amides is 1. The van der Waals surface area contributed by atoms with E-state index in [9.17, 15) is 4.79 Å². The van der Waals surface area contributed by atoms with Gasteiger partial charge in [0.2, 0.25) is 5.91 Å². The van der Waals surface area contributed by atoms with Crippen LogP contribution < -0.4 is 5.32 Å². The molecular formula is C15H23ClN2O2S. The third-order valence-electron chi connectivity index (χ3n) is 4.21. The molecule has 118 valence electrons. The quantitative estimate of drug-likeness (QED) is 0.922. The lowest BCUT2D eigenvalue weighted by Crippen LogP contribution is -2.42. The van der Waals surface area contributed by atoms with Crippen LogP contribution in [0.3, 0.4) is 0 Å². The van der Waals surface area contributed by atoms with E-state index < -0.39 is 0 Å². The molecule has 2 saturated heterocycles. The van der Waals surface area contributed by atoms with Crippen molar-refractivity contribution in [2.45, 2.75) is 25.4 Å². The fourth-order valence-corrected chi connectivity index (χ4v) is 3.73. The molecule has 0 bridgehead atoms. The Kier molecular flexibility index (Phi) is 6.48. The van der Waals surface area contributed by atoms with Gasteiger partial charge in [-0.3, -0.25) is 4.79 Å². The van der Waals surface area contributed by atoms with Crippen molar-refractivity contribution >= 4 is 29.7 Å². The standard InChI is InChI=1S/C15H22N2O2S.ClH/c18-15(4-3-12-5-6-16-10-12)17-7-8-19-13(11-17)14-2-1-9-20-14;/h1-2,9,12-13,16H,3-8,10-11H2;1H. The van der Waals surface area contributed by atoms with E-state index in [0.717, 1.165) is 26.1 Å². The third kappa shape index (κ3) is 4.42. The molecule has 1 amide bonds. The number of thiophene rings is 1. The average molecular weight is 331 g/mol. The topological polar surface area (TPSA) is 41.6 Å². The molecule has 0 saturated carbocycles. The average Bonchev–Trinajstić information content (AvgIpc) is 3.18. The number of hydrogen-bond donors (Lipinski definition) is 1. The lowest BCUT2D eigenvalue weighted by Gasteiger charge is -2.32. The highest BCUT2D eigenvalue weighted by Gasteiger charge is 2.26. The number of halogens is 1. The zero-order chi connectivity index (χ0) is 13.8. The molecule has 2 unspecified atom stereocenters. The summed E-state index contributed by atoms with van der Waals surface area (Å²) in [6, 6.07) is 4.13. The van der Waals surface area contributed by atoms with Crippen LogP contribution in [0.2, 0.25) is 0 Å². The van der Waals surface area contributed by atoms with Crippen LogP contribution in [0.4, 0.5) is 0 Å². The summed E-state index contributed by atoms with van der Waals surface area (Å²) in [4.78, 5) is 15.5. The summed E-state index contributed by atoms with van der Waals surface area (Å²) in [6.07, 6.45) is 2.99. The molecule has 2 fully saturated rings. The molecule has 3 heterocycles. The van der Waals surface area contributed by atoms with Gasteiger partial charge in [-0.05, 0) is 43.3 Å². The summed E-state index contributed by atoms with van der Waals surface area (Å²) in [5.41, 5.74) is 0. The Morgan fingerprint density at radius 1 is 1.52 bits per heavy atom. The van der Waals surface area contributed by atoms with Crippen molar-refractivity contribution in [3.63, 3.8) is 0 Å². The van der Waals surface area contributed by atoms with Crippen LogP contribution in [-0.4, -0.2) is 43.6 Å². The van der Waals surface area contributed by atoms with Crippen molar-refractivity contribution in [1.29, 1.82) is 0 Å². The first-order valence-corrected chi connectivity index (χ1v) is 8.34. The van der Waals surface area contributed by atoms with Gasteiger partial charge >= 0.3 is 0 Å². The Balaban J connectivity index is 0.00000161. The summed E-state index contributed by atoms with van der Waals surface area (Å²) >= 11 is 1.71. The SMILES string of the molecule is Cl.O=C(CCC1CCNC1)N1CCOC(c2cccs2)C1. The van der Waals surface area contributed by atoms with Crippen LogP contribution in [0.5, 0.6) is 0 Å². The van der Waals surface area contributed by atoms with Crippen LogP contribution in [0.1, 0.15) is 30.2 Å². The van der Waals surface area contributed by atoms with Gasteiger partial charge in [-0.1, -0.05) is 6.07 Å².